The molecule has 0 fully saturated rings. The van der Waals surface area contributed by atoms with Crippen molar-refractivity contribution in [3.63, 3.8) is 0 Å². The van der Waals surface area contributed by atoms with E-state index in [1.807, 2.05) is 0 Å². The quantitative estimate of drug-likeness (QED) is 0.646. The van der Waals surface area contributed by atoms with Gasteiger partial charge in [-0.05, 0) is 29.7 Å². The fourth-order valence-electron chi connectivity index (χ4n) is 1.27. The molecular formula is C10H10F4. The first-order valence-electron chi connectivity index (χ1n) is 4.24. The summed E-state index contributed by atoms with van der Waals surface area (Å²) >= 11 is 0. The Labute approximate surface area is 79.6 Å². The Balaban J connectivity index is 3.14. The molecule has 0 unspecified atom stereocenters. The SMILES string of the molecule is CCc1ccc(C(F)(F)F)cc1CF. The molecule has 0 saturated heterocycles. The molecule has 1 aromatic carbocycles. The average Bonchev–Trinajstić information content (AvgIpc) is 2.15. The van der Waals surface area contributed by atoms with Gasteiger partial charge in [0.1, 0.15) is 6.67 Å². The van der Waals surface area contributed by atoms with Crippen LogP contribution in [0.1, 0.15) is 23.6 Å². The minimum absolute atomic E-state index is 0.127. The monoisotopic (exact) mass is 206 g/mol. The molecule has 0 bridgehead atoms. The van der Waals surface area contributed by atoms with Gasteiger partial charge in [0.15, 0.2) is 0 Å². The maximum Gasteiger partial charge on any atom is 0.416 e. The van der Waals surface area contributed by atoms with Crippen molar-refractivity contribution < 1.29 is 17.6 Å². The highest BCUT2D eigenvalue weighted by molar-refractivity contribution is 5.33. The minimum Gasteiger partial charge on any atom is -0.246 e. The van der Waals surface area contributed by atoms with Crippen LogP contribution in [0.25, 0.3) is 0 Å². The molecule has 1 rings (SSSR count). The number of hydrogen-bond acceptors (Lipinski definition) is 0. The number of benzene rings is 1. The zero-order chi connectivity index (χ0) is 10.8. The molecule has 14 heavy (non-hydrogen) atoms. The third kappa shape index (κ3) is 2.25. The second kappa shape index (κ2) is 3.98. The van der Waals surface area contributed by atoms with Crippen LogP contribution in [0.3, 0.4) is 0 Å². The number of alkyl halides is 4. The standard InChI is InChI=1S/C10H10F4/c1-2-7-3-4-9(10(12,13)14)5-8(7)6-11/h3-5H,2,6H2,1H3. The van der Waals surface area contributed by atoms with Crippen molar-refractivity contribution in [3.8, 4) is 0 Å². The third-order valence-corrected chi connectivity index (χ3v) is 2.06. The molecule has 1 aromatic rings. The van der Waals surface area contributed by atoms with Crippen LogP contribution in [0.4, 0.5) is 17.6 Å². The first-order valence-corrected chi connectivity index (χ1v) is 4.24. The summed E-state index contributed by atoms with van der Waals surface area (Å²) in [6.45, 7) is 0.925. The predicted octanol–water partition coefficient (Wildman–Crippen LogP) is 3.74. The predicted molar refractivity (Wildman–Crippen MR) is 45.6 cm³/mol. The Bertz CT molecular complexity index is 314. The highest BCUT2D eigenvalue weighted by Crippen LogP contribution is 2.30. The fourth-order valence-corrected chi connectivity index (χ4v) is 1.27. The Kier molecular flexibility index (Phi) is 3.13. The van der Waals surface area contributed by atoms with Crippen LogP contribution in [0.15, 0.2) is 18.2 Å². The van der Waals surface area contributed by atoms with E-state index >= 15 is 0 Å². The Morgan fingerprint density at radius 1 is 1.14 bits per heavy atom. The van der Waals surface area contributed by atoms with Crippen molar-refractivity contribution in [2.24, 2.45) is 0 Å². The molecule has 0 spiro atoms. The van der Waals surface area contributed by atoms with Gasteiger partial charge in [0.25, 0.3) is 0 Å². The Morgan fingerprint density at radius 3 is 2.21 bits per heavy atom. The van der Waals surface area contributed by atoms with Crippen molar-refractivity contribution >= 4 is 0 Å². The second-order valence-electron chi connectivity index (χ2n) is 2.97. The van der Waals surface area contributed by atoms with Crippen molar-refractivity contribution in [3.05, 3.63) is 34.9 Å². The van der Waals surface area contributed by atoms with Crippen LogP contribution < -0.4 is 0 Å². The van der Waals surface area contributed by atoms with Gasteiger partial charge in [-0.3, -0.25) is 0 Å². The highest BCUT2D eigenvalue weighted by Gasteiger charge is 2.30. The van der Waals surface area contributed by atoms with Gasteiger partial charge >= 0.3 is 6.18 Å². The van der Waals surface area contributed by atoms with Gasteiger partial charge in [-0.1, -0.05) is 13.0 Å². The van der Waals surface area contributed by atoms with E-state index in [2.05, 4.69) is 0 Å². The zero-order valence-corrected chi connectivity index (χ0v) is 7.66. The van der Waals surface area contributed by atoms with Gasteiger partial charge in [0.05, 0.1) is 5.56 Å². The van der Waals surface area contributed by atoms with Crippen LogP contribution >= 0.6 is 0 Å². The lowest BCUT2D eigenvalue weighted by Gasteiger charge is -2.10. The summed E-state index contributed by atoms with van der Waals surface area (Å²) in [5.41, 5.74) is -0.0369. The van der Waals surface area contributed by atoms with Crippen LogP contribution in [-0.4, -0.2) is 0 Å². The summed E-state index contributed by atoms with van der Waals surface area (Å²) in [6.07, 6.45) is -3.85. The number of halogens is 4. The Morgan fingerprint density at radius 2 is 1.79 bits per heavy atom. The van der Waals surface area contributed by atoms with Gasteiger partial charge < -0.3 is 0 Å². The van der Waals surface area contributed by atoms with E-state index in [9.17, 15) is 17.6 Å². The molecule has 0 aliphatic rings. The van der Waals surface area contributed by atoms with Crippen LogP contribution in [-0.2, 0) is 19.3 Å². The molecule has 0 aliphatic heterocycles. The summed E-state index contributed by atoms with van der Waals surface area (Å²) < 4.78 is 49.0. The first-order chi connectivity index (χ1) is 6.49. The lowest BCUT2D eigenvalue weighted by atomic mass is 10.0. The molecule has 0 atom stereocenters. The lowest BCUT2D eigenvalue weighted by molar-refractivity contribution is -0.137. The van der Waals surface area contributed by atoms with Gasteiger partial charge in [-0.25, -0.2) is 4.39 Å². The summed E-state index contributed by atoms with van der Waals surface area (Å²) in [7, 11) is 0. The summed E-state index contributed by atoms with van der Waals surface area (Å²) in [4.78, 5) is 0. The van der Waals surface area contributed by atoms with E-state index in [1.165, 1.54) is 6.07 Å². The van der Waals surface area contributed by atoms with E-state index in [4.69, 9.17) is 0 Å². The van der Waals surface area contributed by atoms with Crippen molar-refractivity contribution in [2.75, 3.05) is 0 Å². The van der Waals surface area contributed by atoms with E-state index in [-0.39, 0.29) is 5.56 Å². The smallest absolute Gasteiger partial charge is 0.246 e. The minimum atomic E-state index is -4.39. The van der Waals surface area contributed by atoms with Gasteiger partial charge in [-0.2, -0.15) is 13.2 Å². The van der Waals surface area contributed by atoms with Gasteiger partial charge in [0.2, 0.25) is 0 Å². The van der Waals surface area contributed by atoms with Crippen molar-refractivity contribution in [1.29, 1.82) is 0 Å². The molecule has 0 radical (unpaired) electrons. The third-order valence-electron chi connectivity index (χ3n) is 2.06. The zero-order valence-electron chi connectivity index (χ0n) is 7.66. The lowest BCUT2D eigenvalue weighted by Crippen LogP contribution is -2.06. The molecular weight excluding hydrogens is 196 g/mol. The van der Waals surface area contributed by atoms with Crippen LogP contribution in [0.2, 0.25) is 0 Å². The van der Waals surface area contributed by atoms with Crippen LogP contribution in [0, 0.1) is 0 Å². The fraction of sp³-hybridized carbons (Fsp3) is 0.400. The normalized spacial score (nSPS) is 11.8. The van der Waals surface area contributed by atoms with Gasteiger partial charge in [0, 0.05) is 0 Å². The van der Waals surface area contributed by atoms with E-state index in [0.29, 0.717) is 12.0 Å². The van der Waals surface area contributed by atoms with Crippen molar-refractivity contribution in [1.82, 2.24) is 0 Å². The molecule has 0 saturated carbocycles. The van der Waals surface area contributed by atoms with Crippen molar-refractivity contribution in [2.45, 2.75) is 26.2 Å². The molecule has 0 nitrogen and oxygen atoms in total. The summed E-state index contributed by atoms with van der Waals surface area (Å²) in [5.74, 6) is 0. The highest BCUT2D eigenvalue weighted by atomic mass is 19.4. The van der Waals surface area contributed by atoms with Gasteiger partial charge in [-0.15, -0.1) is 0 Å². The van der Waals surface area contributed by atoms with E-state index in [0.717, 1.165) is 12.1 Å². The molecule has 0 N–H and O–H groups in total. The van der Waals surface area contributed by atoms with E-state index in [1.54, 1.807) is 6.92 Å². The number of hydrogen-bond donors (Lipinski definition) is 0. The van der Waals surface area contributed by atoms with E-state index < -0.39 is 18.4 Å². The van der Waals surface area contributed by atoms with Crippen LogP contribution in [0.5, 0.6) is 0 Å². The first kappa shape index (κ1) is 11.0. The number of rotatable bonds is 2. The maximum atomic E-state index is 12.4. The molecule has 0 heterocycles. The molecule has 78 valence electrons. The summed E-state index contributed by atoms with van der Waals surface area (Å²) in [5, 5.41) is 0. The Hall–Kier alpha value is -1.06. The maximum absolute atomic E-state index is 12.4. The molecule has 0 amide bonds. The number of aryl methyl sites for hydroxylation is 1. The summed E-state index contributed by atoms with van der Waals surface area (Å²) in [6, 6.07) is 3.19. The molecule has 0 aromatic heterocycles. The topological polar surface area (TPSA) is 0 Å². The largest absolute Gasteiger partial charge is 0.416 e. The average molecular weight is 206 g/mol. The second-order valence-corrected chi connectivity index (χ2v) is 2.97. The molecule has 0 aliphatic carbocycles. The molecule has 4 heteroatoms.